The van der Waals surface area contributed by atoms with E-state index in [1.165, 1.54) is 0 Å². The molecule has 0 fully saturated rings. The van der Waals surface area contributed by atoms with Gasteiger partial charge in [-0.3, -0.25) is 4.40 Å². The molecule has 0 aliphatic rings. The highest BCUT2D eigenvalue weighted by atomic mass is 79.9. The molecule has 0 atom stereocenters. The molecule has 0 aliphatic carbocycles. The number of carbonyl (C=O) groups is 1. The first kappa shape index (κ1) is 15.5. The lowest BCUT2D eigenvalue weighted by atomic mass is 10.3. The number of benzene rings is 1. The maximum atomic E-state index is 12.0. The molecule has 0 N–H and O–H groups in total. The van der Waals surface area contributed by atoms with E-state index in [0.29, 0.717) is 17.0 Å². The Morgan fingerprint density at radius 1 is 1.22 bits per heavy atom. The number of aromatic nitrogens is 3. The van der Waals surface area contributed by atoms with Crippen LogP contribution < -0.4 is 4.74 Å². The Kier molecular flexibility index (Phi) is 4.57. The van der Waals surface area contributed by atoms with Crippen LogP contribution >= 0.6 is 15.9 Å². The molecule has 2 heterocycles. The van der Waals surface area contributed by atoms with Crippen LogP contribution in [-0.4, -0.2) is 33.8 Å². The average Bonchev–Trinajstić information content (AvgIpc) is 2.92. The fraction of sp³-hybridized carbons (Fsp3) is 0.188. The molecule has 0 saturated carbocycles. The minimum Gasteiger partial charge on any atom is -0.490 e. The van der Waals surface area contributed by atoms with Crippen LogP contribution in [0.15, 0.2) is 47.1 Å². The summed E-state index contributed by atoms with van der Waals surface area (Å²) in [4.78, 5) is 12.0. The van der Waals surface area contributed by atoms with Gasteiger partial charge < -0.3 is 9.47 Å². The van der Waals surface area contributed by atoms with Gasteiger partial charge in [-0.2, -0.15) is 0 Å². The maximum absolute atomic E-state index is 12.0. The van der Waals surface area contributed by atoms with Crippen molar-refractivity contribution in [2.24, 2.45) is 0 Å². The van der Waals surface area contributed by atoms with Crippen molar-refractivity contribution >= 4 is 27.5 Å². The second-order valence-corrected chi connectivity index (χ2v) is 5.75. The first-order valence-electron chi connectivity index (χ1n) is 7.00. The number of fused-ring (bicyclic) bond motifs is 1. The highest BCUT2D eigenvalue weighted by Crippen LogP contribution is 2.17. The highest BCUT2D eigenvalue weighted by Gasteiger charge is 2.10. The summed E-state index contributed by atoms with van der Waals surface area (Å²) in [6, 6.07) is 10.9. The smallest absolute Gasteiger partial charge is 0.339 e. The third-order valence-corrected chi connectivity index (χ3v) is 3.68. The summed E-state index contributed by atoms with van der Waals surface area (Å²) < 4.78 is 13.4. The number of halogens is 1. The van der Waals surface area contributed by atoms with Crippen LogP contribution in [0.2, 0.25) is 0 Å². The van der Waals surface area contributed by atoms with Gasteiger partial charge in [-0.25, -0.2) is 4.79 Å². The Morgan fingerprint density at radius 3 is 2.91 bits per heavy atom. The maximum Gasteiger partial charge on any atom is 0.339 e. The van der Waals surface area contributed by atoms with Crippen molar-refractivity contribution in [3.05, 3.63) is 58.5 Å². The molecule has 0 unspecified atom stereocenters. The number of hydrogen-bond donors (Lipinski definition) is 0. The summed E-state index contributed by atoms with van der Waals surface area (Å²) in [7, 11) is 0. The molecule has 7 heteroatoms. The van der Waals surface area contributed by atoms with E-state index in [1.807, 2.05) is 31.2 Å². The van der Waals surface area contributed by atoms with Crippen molar-refractivity contribution in [3.8, 4) is 5.75 Å². The van der Waals surface area contributed by atoms with E-state index in [-0.39, 0.29) is 13.2 Å². The zero-order chi connectivity index (χ0) is 16.2. The third kappa shape index (κ3) is 3.68. The van der Waals surface area contributed by atoms with E-state index in [2.05, 4.69) is 26.1 Å². The molecule has 3 rings (SSSR count). The molecule has 23 heavy (non-hydrogen) atoms. The van der Waals surface area contributed by atoms with Gasteiger partial charge in [0, 0.05) is 10.7 Å². The van der Waals surface area contributed by atoms with E-state index >= 15 is 0 Å². The molecule has 0 radical (unpaired) electrons. The molecule has 0 aliphatic heterocycles. The van der Waals surface area contributed by atoms with Crippen molar-refractivity contribution < 1.29 is 14.3 Å². The second kappa shape index (κ2) is 6.78. The number of carbonyl (C=O) groups excluding carboxylic acids is 1. The van der Waals surface area contributed by atoms with Crippen molar-refractivity contribution in [2.45, 2.75) is 6.92 Å². The van der Waals surface area contributed by atoms with Crippen molar-refractivity contribution in [3.63, 3.8) is 0 Å². The predicted molar refractivity (Wildman–Crippen MR) is 87.6 cm³/mol. The molecule has 1 aromatic carbocycles. The first-order valence-corrected chi connectivity index (χ1v) is 7.80. The van der Waals surface area contributed by atoms with Crippen molar-refractivity contribution in [1.29, 1.82) is 0 Å². The zero-order valence-electron chi connectivity index (χ0n) is 12.4. The van der Waals surface area contributed by atoms with Crippen LogP contribution in [0.3, 0.4) is 0 Å². The van der Waals surface area contributed by atoms with Crippen molar-refractivity contribution in [2.75, 3.05) is 13.2 Å². The Balaban J connectivity index is 1.55. The molecule has 0 bridgehead atoms. The topological polar surface area (TPSA) is 65.7 Å². The Bertz CT molecular complexity index is 847. The highest BCUT2D eigenvalue weighted by molar-refractivity contribution is 9.10. The molecular formula is C16H14BrN3O3. The number of nitrogens with zero attached hydrogens (tertiary/aromatic N) is 3. The van der Waals surface area contributed by atoms with E-state index < -0.39 is 5.97 Å². The van der Waals surface area contributed by atoms with Gasteiger partial charge >= 0.3 is 5.97 Å². The molecule has 0 spiro atoms. The minimum absolute atomic E-state index is 0.171. The van der Waals surface area contributed by atoms with Crippen LogP contribution in [0.1, 0.15) is 16.2 Å². The molecule has 3 aromatic rings. The predicted octanol–water partition coefficient (Wildman–Crippen LogP) is 3.04. The quantitative estimate of drug-likeness (QED) is 0.506. The number of rotatable bonds is 5. The van der Waals surface area contributed by atoms with Gasteiger partial charge in [-0.15, -0.1) is 10.2 Å². The number of pyridine rings is 1. The Hall–Kier alpha value is -2.41. The van der Waals surface area contributed by atoms with Crippen LogP contribution in [-0.2, 0) is 4.74 Å². The number of hydrogen-bond acceptors (Lipinski definition) is 5. The Morgan fingerprint density at radius 2 is 2.09 bits per heavy atom. The molecular weight excluding hydrogens is 362 g/mol. The van der Waals surface area contributed by atoms with E-state index in [1.54, 1.807) is 22.7 Å². The van der Waals surface area contributed by atoms with E-state index in [9.17, 15) is 4.79 Å². The lowest BCUT2D eigenvalue weighted by Gasteiger charge is -2.08. The minimum atomic E-state index is -0.405. The first-order chi connectivity index (χ1) is 11.1. The summed E-state index contributed by atoms with van der Waals surface area (Å²) in [5, 5.41) is 7.92. The van der Waals surface area contributed by atoms with Gasteiger partial charge in [0.05, 0.1) is 5.56 Å². The molecule has 0 amide bonds. The van der Waals surface area contributed by atoms with E-state index in [4.69, 9.17) is 9.47 Å². The average molecular weight is 376 g/mol. The van der Waals surface area contributed by atoms with E-state index in [0.717, 1.165) is 10.2 Å². The van der Waals surface area contributed by atoms with Gasteiger partial charge in [0.1, 0.15) is 24.8 Å². The number of ether oxygens (including phenoxy) is 2. The summed E-state index contributed by atoms with van der Waals surface area (Å²) in [6.45, 7) is 2.28. The summed E-state index contributed by atoms with van der Waals surface area (Å²) in [6.07, 6.45) is 1.67. The standard InChI is InChI=1S/C16H14BrN3O3/c1-11-18-19-15-6-5-12(10-20(11)15)16(21)23-8-7-22-14-4-2-3-13(17)9-14/h2-6,9-10H,7-8H2,1H3. The third-order valence-electron chi connectivity index (χ3n) is 3.19. The molecule has 2 aromatic heterocycles. The lowest BCUT2D eigenvalue weighted by molar-refractivity contribution is 0.0450. The SMILES string of the molecule is Cc1nnc2ccc(C(=O)OCCOc3cccc(Br)c3)cn12. The van der Waals surface area contributed by atoms with Crippen LogP contribution in [0.4, 0.5) is 0 Å². The van der Waals surface area contributed by atoms with Gasteiger partial charge in [-0.05, 0) is 37.3 Å². The molecule has 6 nitrogen and oxygen atoms in total. The molecule has 118 valence electrons. The summed E-state index contributed by atoms with van der Waals surface area (Å²) in [5.74, 6) is 1.03. The Labute approximate surface area is 141 Å². The van der Waals surface area contributed by atoms with Crippen LogP contribution in [0.25, 0.3) is 5.65 Å². The fourth-order valence-electron chi connectivity index (χ4n) is 2.06. The fourth-order valence-corrected chi connectivity index (χ4v) is 2.44. The summed E-state index contributed by atoms with van der Waals surface area (Å²) in [5.41, 5.74) is 1.14. The second-order valence-electron chi connectivity index (χ2n) is 4.83. The largest absolute Gasteiger partial charge is 0.490 e. The van der Waals surface area contributed by atoms with Gasteiger partial charge in [0.15, 0.2) is 5.65 Å². The van der Waals surface area contributed by atoms with Crippen LogP contribution in [0, 0.1) is 6.92 Å². The van der Waals surface area contributed by atoms with Gasteiger partial charge in [-0.1, -0.05) is 22.0 Å². The normalized spacial score (nSPS) is 10.7. The van der Waals surface area contributed by atoms with Crippen LogP contribution in [0.5, 0.6) is 5.75 Å². The van der Waals surface area contributed by atoms with Gasteiger partial charge in [0.2, 0.25) is 0 Å². The van der Waals surface area contributed by atoms with Gasteiger partial charge in [0.25, 0.3) is 0 Å². The number of esters is 1. The number of aryl methyl sites for hydroxylation is 1. The lowest BCUT2D eigenvalue weighted by Crippen LogP contribution is -2.13. The monoisotopic (exact) mass is 375 g/mol. The molecule has 0 saturated heterocycles. The zero-order valence-corrected chi connectivity index (χ0v) is 14.0. The summed E-state index contributed by atoms with van der Waals surface area (Å²) >= 11 is 3.37. The van der Waals surface area contributed by atoms with Crippen molar-refractivity contribution in [1.82, 2.24) is 14.6 Å².